The molecule has 5 nitrogen and oxygen atoms in total. The SMILES string of the molecule is CC(C)NS(=O)(=O)c1cccc(/C=C2\C(=O)Nc3cc(Cl)ccc32)c1. The molecule has 2 N–H and O–H groups in total. The number of nitrogens with one attached hydrogen (secondary N) is 2. The predicted molar refractivity (Wildman–Crippen MR) is 99.9 cm³/mol. The van der Waals surface area contributed by atoms with Crippen molar-refractivity contribution < 1.29 is 13.2 Å². The molecule has 0 spiro atoms. The first-order chi connectivity index (χ1) is 11.8. The Labute approximate surface area is 151 Å². The molecule has 25 heavy (non-hydrogen) atoms. The first-order valence-corrected chi connectivity index (χ1v) is 9.58. The second-order valence-electron chi connectivity index (χ2n) is 6.05. The molecule has 2 aromatic rings. The molecule has 0 saturated heterocycles. The summed E-state index contributed by atoms with van der Waals surface area (Å²) in [5, 5.41) is 3.29. The predicted octanol–water partition coefficient (Wildman–Crippen LogP) is 3.52. The molecule has 0 saturated carbocycles. The number of benzene rings is 2. The van der Waals surface area contributed by atoms with Crippen molar-refractivity contribution in [2.45, 2.75) is 24.8 Å². The highest BCUT2D eigenvalue weighted by Crippen LogP contribution is 2.35. The van der Waals surface area contributed by atoms with Gasteiger partial charge in [0.1, 0.15) is 0 Å². The van der Waals surface area contributed by atoms with E-state index < -0.39 is 10.0 Å². The molecule has 0 atom stereocenters. The van der Waals surface area contributed by atoms with Crippen LogP contribution < -0.4 is 10.0 Å². The van der Waals surface area contributed by atoms with Crippen LogP contribution in [0.25, 0.3) is 11.6 Å². The highest BCUT2D eigenvalue weighted by atomic mass is 35.5. The second-order valence-corrected chi connectivity index (χ2v) is 8.20. The van der Waals surface area contributed by atoms with Crippen molar-refractivity contribution in [3.05, 3.63) is 58.6 Å². The molecule has 0 fully saturated rings. The van der Waals surface area contributed by atoms with E-state index in [1.807, 2.05) is 0 Å². The molecule has 0 unspecified atom stereocenters. The second kappa shape index (κ2) is 6.63. The minimum Gasteiger partial charge on any atom is -0.321 e. The maximum absolute atomic E-state index is 12.3. The number of hydrogen-bond acceptors (Lipinski definition) is 3. The van der Waals surface area contributed by atoms with Crippen LogP contribution in [0.15, 0.2) is 47.4 Å². The lowest BCUT2D eigenvalue weighted by molar-refractivity contribution is -0.110. The summed E-state index contributed by atoms with van der Waals surface area (Å²) in [5.74, 6) is -0.245. The smallest absolute Gasteiger partial charge is 0.256 e. The lowest BCUT2D eigenvalue weighted by atomic mass is 10.0. The highest BCUT2D eigenvalue weighted by Gasteiger charge is 2.24. The largest absolute Gasteiger partial charge is 0.321 e. The molecule has 1 aliphatic rings. The van der Waals surface area contributed by atoms with Gasteiger partial charge < -0.3 is 5.32 Å². The number of hydrogen-bond donors (Lipinski definition) is 2. The molecule has 0 radical (unpaired) electrons. The summed E-state index contributed by atoms with van der Waals surface area (Å²) >= 11 is 5.95. The van der Waals surface area contributed by atoms with Crippen molar-refractivity contribution in [2.75, 3.05) is 5.32 Å². The van der Waals surface area contributed by atoms with Gasteiger partial charge in [-0.15, -0.1) is 0 Å². The summed E-state index contributed by atoms with van der Waals surface area (Å²) in [7, 11) is -3.59. The van der Waals surface area contributed by atoms with Gasteiger partial charge in [0.15, 0.2) is 0 Å². The Morgan fingerprint density at radius 3 is 2.64 bits per heavy atom. The maximum atomic E-state index is 12.3. The fourth-order valence-electron chi connectivity index (χ4n) is 2.63. The van der Waals surface area contributed by atoms with Crippen LogP contribution in [-0.4, -0.2) is 20.4 Å². The van der Waals surface area contributed by atoms with Crippen LogP contribution in [-0.2, 0) is 14.8 Å². The Morgan fingerprint density at radius 2 is 1.92 bits per heavy atom. The van der Waals surface area contributed by atoms with Gasteiger partial charge in [0, 0.05) is 22.2 Å². The number of halogens is 1. The Morgan fingerprint density at radius 1 is 1.16 bits per heavy atom. The van der Waals surface area contributed by atoms with Crippen molar-refractivity contribution in [1.29, 1.82) is 0 Å². The average molecular weight is 377 g/mol. The average Bonchev–Trinajstić information content (AvgIpc) is 2.81. The zero-order valence-electron chi connectivity index (χ0n) is 13.7. The fourth-order valence-corrected chi connectivity index (χ4v) is 4.10. The lowest BCUT2D eigenvalue weighted by Crippen LogP contribution is -2.30. The minimum atomic E-state index is -3.59. The summed E-state index contributed by atoms with van der Waals surface area (Å²) in [6.45, 7) is 3.52. The number of sulfonamides is 1. The molecular formula is C18H17ClN2O3S. The van der Waals surface area contributed by atoms with Gasteiger partial charge in [-0.05, 0) is 49.8 Å². The van der Waals surface area contributed by atoms with E-state index in [4.69, 9.17) is 11.6 Å². The van der Waals surface area contributed by atoms with Gasteiger partial charge >= 0.3 is 0 Å². The first kappa shape index (κ1) is 17.7. The summed E-state index contributed by atoms with van der Waals surface area (Å²) in [5.41, 5.74) is 2.48. The zero-order chi connectivity index (χ0) is 18.2. The van der Waals surface area contributed by atoms with Crippen LogP contribution >= 0.6 is 11.6 Å². The molecular weight excluding hydrogens is 360 g/mol. The van der Waals surface area contributed by atoms with Crippen LogP contribution in [0.5, 0.6) is 0 Å². The van der Waals surface area contributed by atoms with Gasteiger partial charge in [-0.25, -0.2) is 13.1 Å². The third-order valence-electron chi connectivity index (χ3n) is 3.63. The number of amides is 1. The van der Waals surface area contributed by atoms with Crippen molar-refractivity contribution in [3.8, 4) is 0 Å². The quantitative estimate of drug-likeness (QED) is 0.801. The van der Waals surface area contributed by atoms with Crippen LogP contribution in [0, 0.1) is 0 Å². The molecule has 0 bridgehead atoms. The van der Waals surface area contributed by atoms with E-state index in [-0.39, 0.29) is 16.8 Å². The van der Waals surface area contributed by atoms with E-state index >= 15 is 0 Å². The molecule has 2 aromatic carbocycles. The molecule has 1 aliphatic heterocycles. The van der Waals surface area contributed by atoms with E-state index in [0.717, 1.165) is 5.56 Å². The van der Waals surface area contributed by atoms with Crippen molar-refractivity contribution >= 4 is 44.9 Å². The summed E-state index contributed by atoms with van der Waals surface area (Å²) in [4.78, 5) is 12.4. The molecule has 0 aromatic heterocycles. The standard InChI is InChI=1S/C18H17ClN2O3S/c1-11(2)21-25(23,24)14-5-3-4-12(8-14)9-16-15-7-6-13(19)10-17(15)20-18(16)22/h3-11,21H,1-2H3,(H,20,22)/b16-9-. The minimum absolute atomic E-state index is 0.158. The molecule has 130 valence electrons. The Bertz CT molecular complexity index is 982. The molecule has 7 heteroatoms. The van der Waals surface area contributed by atoms with Crippen molar-refractivity contribution in [3.63, 3.8) is 0 Å². The summed E-state index contributed by atoms with van der Waals surface area (Å²) in [6.07, 6.45) is 1.67. The Kier molecular flexibility index (Phi) is 4.69. The van der Waals surface area contributed by atoms with Gasteiger partial charge in [-0.3, -0.25) is 4.79 Å². The topological polar surface area (TPSA) is 75.3 Å². The first-order valence-electron chi connectivity index (χ1n) is 7.71. The van der Waals surface area contributed by atoms with E-state index in [1.165, 1.54) is 6.07 Å². The summed E-state index contributed by atoms with van der Waals surface area (Å²) < 4.78 is 27.2. The maximum Gasteiger partial charge on any atom is 0.256 e. The fraction of sp³-hybridized carbons (Fsp3) is 0.167. The van der Waals surface area contributed by atoms with Gasteiger partial charge in [-0.2, -0.15) is 0 Å². The number of carbonyl (C=O) groups is 1. The van der Waals surface area contributed by atoms with Gasteiger partial charge in [0.05, 0.1) is 10.6 Å². The van der Waals surface area contributed by atoms with Crippen molar-refractivity contribution in [1.82, 2.24) is 4.72 Å². The Hall–Kier alpha value is -2.15. The highest BCUT2D eigenvalue weighted by molar-refractivity contribution is 7.89. The van der Waals surface area contributed by atoms with Gasteiger partial charge in [0.25, 0.3) is 5.91 Å². The third kappa shape index (κ3) is 3.76. The van der Waals surface area contributed by atoms with Crippen LogP contribution in [0.3, 0.4) is 0 Å². The summed E-state index contributed by atoms with van der Waals surface area (Å²) in [6, 6.07) is 11.4. The van der Waals surface area contributed by atoms with E-state index in [2.05, 4.69) is 10.0 Å². The number of anilines is 1. The van der Waals surface area contributed by atoms with Gasteiger partial charge in [0.2, 0.25) is 10.0 Å². The number of rotatable bonds is 4. The number of carbonyl (C=O) groups excluding carboxylic acids is 1. The third-order valence-corrected chi connectivity index (χ3v) is 5.53. The molecule has 0 aliphatic carbocycles. The molecule has 1 amide bonds. The van der Waals surface area contributed by atoms with Crippen LogP contribution in [0.1, 0.15) is 25.0 Å². The normalized spacial score (nSPS) is 15.5. The van der Waals surface area contributed by atoms with E-state index in [0.29, 0.717) is 21.8 Å². The van der Waals surface area contributed by atoms with Crippen LogP contribution in [0.2, 0.25) is 5.02 Å². The van der Waals surface area contributed by atoms with Crippen molar-refractivity contribution in [2.24, 2.45) is 0 Å². The molecule has 1 heterocycles. The lowest BCUT2D eigenvalue weighted by Gasteiger charge is -2.10. The van der Waals surface area contributed by atoms with E-state index in [9.17, 15) is 13.2 Å². The van der Waals surface area contributed by atoms with Gasteiger partial charge in [-0.1, -0.05) is 29.8 Å². The van der Waals surface area contributed by atoms with Crippen LogP contribution in [0.4, 0.5) is 5.69 Å². The number of fused-ring (bicyclic) bond motifs is 1. The van der Waals surface area contributed by atoms with E-state index in [1.54, 1.807) is 56.3 Å². The monoisotopic (exact) mass is 376 g/mol. The zero-order valence-corrected chi connectivity index (χ0v) is 15.3. The molecule has 3 rings (SSSR count). The Balaban J connectivity index is 2.01.